The van der Waals surface area contributed by atoms with E-state index in [0.29, 0.717) is 0 Å². The summed E-state index contributed by atoms with van der Waals surface area (Å²) in [5.74, 6) is 0. The monoisotopic (exact) mass is 406 g/mol. The third-order valence-electron chi connectivity index (χ3n) is 3.71. The predicted molar refractivity (Wildman–Crippen MR) is 104 cm³/mol. The summed E-state index contributed by atoms with van der Waals surface area (Å²) in [6.07, 6.45) is 3.42. The van der Waals surface area contributed by atoms with Crippen molar-refractivity contribution < 1.29 is 0 Å². The molecule has 2 aliphatic heterocycles. The topological polar surface area (TPSA) is 56.3 Å². The smallest absolute Gasteiger partial charge is 0.186 e. The molecule has 10 heteroatoms. The lowest BCUT2D eigenvalue weighted by Gasteiger charge is -2.26. The first-order valence-corrected chi connectivity index (χ1v) is 10.3. The Morgan fingerprint density at radius 2 is 1.12 bits per heavy atom. The molecule has 0 bridgehead atoms. The van der Waals surface area contributed by atoms with Crippen molar-refractivity contribution in [3.05, 3.63) is 21.1 Å². The minimum Gasteiger partial charge on any atom is -0.346 e. The third kappa shape index (κ3) is 5.18. The maximum absolute atomic E-state index is 5.79. The molecule has 132 valence electrons. The summed E-state index contributed by atoms with van der Waals surface area (Å²) in [5.41, 5.74) is 0. The molecule has 24 heavy (non-hydrogen) atoms. The maximum atomic E-state index is 5.79. The van der Waals surface area contributed by atoms with Crippen molar-refractivity contribution in [3.63, 3.8) is 0 Å². The van der Waals surface area contributed by atoms with E-state index in [0.717, 1.165) is 71.3 Å². The predicted octanol–water partition coefficient (Wildman–Crippen LogP) is 2.41. The van der Waals surface area contributed by atoms with Crippen molar-refractivity contribution in [3.8, 4) is 0 Å². The van der Waals surface area contributed by atoms with Crippen LogP contribution in [0.25, 0.3) is 0 Å². The van der Waals surface area contributed by atoms with E-state index in [1.807, 2.05) is 0 Å². The fourth-order valence-corrected chi connectivity index (χ4v) is 4.40. The van der Waals surface area contributed by atoms with Gasteiger partial charge >= 0.3 is 0 Å². The summed E-state index contributed by atoms with van der Waals surface area (Å²) in [7, 11) is 0. The van der Waals surface area contributed by atoms with Crippen LogP contribution in [0.5, 0.6) is 0 Å². The molecule has 2 N–H and O–H groups in total. The van der Waals surface area contributed by atoms with Gasteiger partial charge in [-0.05, 0) is 0 Å². The number of anilines is 2. The van der Waals surface area contributed by atoms with Gasteiger partial charge in [-0.15, -0.1) is 0 Å². The van der Waals surface area contributed by atoms with Crippen LogP contribution in [-0.4, -0.2) is 62.3 Å². The Hall–Kier alpha value is -0.640. The molecule has 4 heterocycles. The third-order valence-corrected chi connectivity index (χ3v) is 6.06. The summed E-state index contributed by atoms with van der Waals surface area (Å²) in [5, 5.41) is 8.67. The first kappa shape index (κ1) is 18.2. The van der Waals surface area contributed by atoms with Crippen molar-refractivity contribution in [1.82, 2.24) is 20.6 Å². The van der Waals surface area contributed by atoms with Crippen LogP contribution in [-0.2, 0) is 0 Å². The Morgan fingerprint density at radius 3 is 1.42 bits per heavy atom. The highest BCUT2D eigenvalue weighted by molar-refractivity contribution is 7.19. The molecule has 2 aliphatic rings. The van der Waals surface area contributed by atoms with Gasteiger partial charge in [-0.2, -0.15) is 0 Å². The molecule has 2 fully saturated rings. The Balaban J connectivity index is 0.000000141. The summed E-state index contributed by atoms with van der Waals surface area (Å²) in [6.45, 7) is 8.28. The summed E-state index contributed by atoms with van der Waals surface area (Å²) in [6, 6.07) is 0. The molecule has 2 aromatic heterocycles. The largest absolute Gasteiger partial charge is 0.346 e. The van der Waals surface area contributed by atoms with Crippen molar-refractivity contribution in [2.24, 2.45) is 0 Å². The van der Waals surface area contributed by atoms with E-state index in [1.165, 1.54) is 0 Å². The van der Waals surface area contributed by atoms with Crippen LogP contribution >= 0.6 is 45.9 Å². The molecule has 0 unspecified atom stereocenters. The van der Waals surface area contributed by atoms with Crippen LogP contribution < -0.4 is 20.4 Å². The SMILES string of the molecule is Clc1cnc(N2CCNCC2)s1.Clc1cnc(N2CCNCC2)s1. The van der Waals surface area contributed by atoms with Gasteiger partial charge in [0.25, 0.3) is 0 Å². The minimum atomic E-state index is 0.767. The average Bonchev–Trinajstić information content (AvgIpc) is 3.26. The average molecular weight is 407 g/mol. The first-order valence-electron chi connectivity index (χ1n) is 7.86. The Morgan fingerprint density at radius 1 is 0.750 bits per heavy atom. The summed E-state index contributed by atoms with van der Waals surface area (Å²) in [4.78, 5) is 13.0. The molecule has 0 aliphatic carbocycles. The van der Waals surface area contributed by atoms with E-state index >= 15 is 0 Å². The van der Waals surface area contributed by atoms with E-state index in [1.54, 1.807) is 35.1 Å². The van der Waals surface area contributed by atoms with Gasteiger partial charge in [-0.3, -0.25) is 0 Å². The van der Waals surface area contributed by atoms with Crippen LogP contribution in [0.1, 0.15) is 0 Å². The molecule has 4 rings (SSSR count). The van der Waals surface area contributed by atoms with Crippen molar-refractivity contribution >= 4 is 56.1 Å². The lowest BCUT2D eigenvalue weighted by atomic mass is 10.4. The van der Waals surface area contributed by atoms with Gasteiger partial charge in [0.05, 0.1) is 12.4 Å². The van der Waals surface area contributed by atoms with E-state index in [2.05, 4.69) is 30.4 Å². The van der Waals surface area contributed by atoms with E-state index in [4.69, 9.17) is 23.2 Å². The van der Waals surface area contributed by atoms with E-state index < -0.39 is 0 Å². The zero-order valence-corrected chi connectivity index (χ0v) is 16.3. The molecule has 0 radical (unpaired) electrons. The normalized spacial score (nSPS) is 18.2. The van der Waals surface area contributed by atoms with Crippen molar-refractivity contribution in [2.75, 3.05) is 62.2 Å². The number of rotatable bonds is 2. The number of aromatic nitrogens is 2. The number of nitrogens with one attached hydrogen (secondary N) is 2. The van der Waals surface area contributed by atoms with E-state index in [9.17, 15) is 0 Å². The van der Waals surface area contributed by atoms with Gasteiger partial charge in [-0.1, -0.05) is 45.9 Å². The van der Waals surface area contributed by atoms with Crippen LogP contribution in [0.4, 0.5) is 10.3 Å². The second kappa shape index (κ2) is 9.17. The van der Waals surface area contributed by atoms with Crippen LogP contribution in [0, 0.1) is 0 Å². The number of nitrogens with zero attached hydrogens (tertiary/aromatic N) is 4. The fourth-order valence-electron chi connectivity index (χ4n) is 2.50. The van der Waals surface area contributed by atoms with Crippen molar-refractivity contribution in [2.45, 2.75) is 0 Å². The van der Waals surface area contributed by atoms with Gasteiger partial charge in [0.2, 0.25) is 0 Å². The molecule has 6 nitrogen and oxygen atoms in total. The lowest BCUT2D eigenvalue weighted by molar-refractivity contribution is 0.588. The molecule has 2 saturated heterocycles. The van der Waals surface area contributed by atoms with Gasteiger partial charge in [-0.25, -0.2) is 9.97 Å². The minimum absolute atomic E-state index is 0.767. The maximum Gasteiger partial charge on any atom is 0.186 e. The zero-order valence-electron chi connectivity index (χ0n) is 13.2. The van der Waals surface area contributed by atoms with Gasteiger partial charge in [0, 0.05) is 52.4 Å². The Bertz CT molecular complexity index is 568. The number of hydrogen-bond acceptors (Lipinski definition) is 8. The number of hydrogen-bond donors (Lipinski definition) is 2. The molecule has 2 aromatic rings. The second-order valence-electron chi connectivity index (χ2n) is 5.37. The molecule has 0 amide bonds. The number of piperazine rings is 2. The molecular formula is C14H20Cl2N6S2. The summed E-state index contributed by atoms with van der Waals surface area (Å²) >= 11 is 14.7. The van der Waals surface area contributed by atoms with Crippen LogP contribution in [0.3, 0.4) is 0 Å². The molecule has 0 saturated carbocycles. The Kier molecular flexibility index (Phi) is 6.94. The fraction of sp³-hybridized carbons (Fsp3) is 0.571. The lowest BCUT2D eigenvalue weighted by Crippen LogP contribution is -2.43. The van der Waals surface area contributed by atoms with Gasteiger partial charge in [0.1, 0.15) is 8.67 Å². The summed E-state index contributed by atoms with van der Waals surface area (Å²) < 4.78 is 1.53. The van der Waals surface area contributed by atoms with Crippen molar-refractivity contribution in [1.29, 1.82) is 0 Å². The Labute approximate surface area is 159 Å². The van der Waals surface area contributed by atoms with E-state index in [-0.39, 0.29) is 0 Å². The standard InChI is InChI=1S/2C7H10ClN3S/c2*8-6-5-10-7(12-6)11-3-1-9-2-4-11/h2*5,9H,1-4H2. The number of halogens is 2. The quantitative estimate of drug-likeness (QED) is 0.798. The zero-order chi connectivity index (χ0) is 16.8. The van der Waals surface area contributed by atoms with Crippen LogP contribution in [0.15, 0.2) is 12.4 Å². The molecule has 0 spiro atoms. The molecule has 0 atom stereocenters. The first-order chi connectivity index (χ1) is 11.7. The second-order valence-corrected chi connectivity index (χ2v) is 8.65. The van der Waals surface area contributed by atoms with Crippen LogP contribution in [0.2, 0.25) is 8.67 Å². The highest BCUT2D eigenvalue weighted by atomic mass is 35.5. The molecular weight excluding hydrogens is 387 g/mol. The molecule has 0 aromatic carbocycles. The number of thiazole rings is 2. The van der Waals surface area contributed by atoms with Gasteiger partial charge < -0.3 is 20.4 Å². The van der Waals surface area contributed by atoms with Gasteiger partial charge in [0.15, 0.2) is 10.3 Å². The highest BCUT2D eigenvalue weighted by Gasteiger charge is 2.13. The highest BCUT2D eigenvalue weighted by Crippen LogP contribution is 2.26.